The second-order valence-electron chi connectivity index (χ2n) is 6.74. The number of aryl methyl sites for hydroxylation is 1. The molecule has 9 heteroatoms. The van der Waals surface area contributed by atoms with Crippen LogP contribution < -0.4 is 11.3 Å². The molecule has 0 aliphatic heterocycles. The van der Waals surface area contributed by atoms with Gasteiger partial charge < -0.3 is 15.0 Å². The molecule has 3 heterocycles. The molecule has 30 heavy (non-hydrogen) atoms. The van der Waals surface area contributed by atoms with Gasteiger partial charge >= 0.3 is 0 Å². The number of aromatic nitrogens is 3. The van der Waals surface area contributed by atoms with Gasteiger partial charge in [0.2, 0.25) is 4.21 Å². The van der Waals surface area contributed by atoms with Gasteiger partial charge in [0.25, 0.3) is 5.56 Å². The molecule has 0 saturated carbocycles. The van der Waals surface area contributed by atoms with Crippen LogP contribution in [-0.2, 0) is 26.8 Å². The first-order chi connectivity index (χ1) is 14.5. The van der Waals surface area contributed by atoms with Crippen LogP contribution in [0.25, 0.3) is 32.6 Å². The minimum absolute atomic E-state index is 0.188. The number of anilines is 1. The molecule has 1 aromatic carbocycles. The molecular weight excluding hydrogens is 420 g/mol. The molecule has 4 rings (SSSR count). The first-order valence-corrected chi connectivity index (χ1v) is 11.5. The van der Waals surface area contributed by atoms with Crippen molar-refractivity contribution in [3.63, 3.8) is 0 Å². The number of nitrogens with zero attached hydrogens (tertiary/aromatic N) is 3. The molecule has 0 amide bonds. The van der Waals surface area contributed by atoms with Crippen LogP contribution in [-0.4, -0.2) is 34.0 Å². The van der Waals surface area contributed by atoms with Crippen molar-refractivity contribution in [3.05, 3.63) is 59.3 Å². The summed E-state index contributed by atoms with van der Waals surface area (Å²) in [4.78, 5) is 22.1. The van der Waals surface area contributed by atoms with Crippen LogP contribution in [0.5, 0.6) is 0 Å². The standard InChI is InChI=1S/C21H20N4O3S2/c1-25-12-23-11-15(20(25)26)16-10-14(13-6-4-3-5-7-13)17-18(22)21(29-19(17)24-16)30(27)9-8-28-2/h3-7,10-12H,8-9,22H2,1-2H3/p+1. The van der Waals surface area contributed by atoms with Gasteiger partial charge in [-0.2, -0.15) is 0 Å². The van der Waals surface area contributed by atoms with E-state index in [1.54, 1.807) is 14.2 Å². The summed E-state index contributed by atoms with van der Waals surface area (Å²) in [6.45, 7) is 0.388. The number of rotatable bonds is 6. The smallest absolute Gasteiger partial charge is 0.262 e. The highest BCUT2D eigenvalue weighted by Gasteiger charge is 2.25. The van der Waals surface area contributed by atoms with Gasteiger partial charge in [-0.3, -0.25) is 4.79 Å². The monoisotopic (exact) mass is 441 g/mol. The summed E-state index contributed by atoms with van der Waals surface area (Å²) in [5, 5.41) is 0.756. The summed E-state index contributed by atoms with van der Waals surface area (Å²) in [6, 6.07) is 11.6. The fourth-order valence-electron chi connectivity index (χ4n) is 3.23. The lowest BCUT2D eigenvalue weighted by molar-refractivity contribution is 0.218. The zero-order chi connectivity index (χ0) is 21.3. The predicted molar refractivity (Wildman–Crippen MR) is 122 cm³/mol. The van der Waals surface area contributed by atoms with Crippen LogP contribution >= 0.6 is 11.3 Å². The van der Waals surface area contributed by atoms with E-state index in [1.807, 2.05) is 36.4 Å². The number of methoxy groups -OCH3 is 1. The van der Waals surface area contributed by atoms with Crippen molar-refractivity contribution in [2.45, 2.75) is 4.21 Å². The molecule has 0 bridgehead atoms. The van der Waals surface area contributed by atoms with E-state index >= 15 is 0 Å². The van der Waals surface area contributed by atoms with Crippen LogP contribution in [0.3, 0.4) is 0 Å². The predicted octanol–water partition coefficient (Wildman–Crippen LogP) is 3.01. The molecule has 0 aliphatic rings. The second-order valence-corrected chi connectivity index (χ2v) is 9.69. The number of hydrogen-bond donors (Lipinski definition) is 1. The lowest BCUT2D eigenvalue weighted by atomic mass is 10.0. The van der Waals surface area contributed by atoms with Gasteiger partial charge in [-0.25, -0.2) is 9.97 Å². The Morgan fingerprint density at radius 2 is 2.00 bits per heavy atom. The fourth-order valence-corrected chi connectivity index (χ4v) is 5.97. The topological polar surface area (TPSA) is 100 Å². The second kappa shape index (κ2) is 8.47. The van der Waals surface area contributed by atoms with Crippen molar-refractivity contribution in [1.29, 1.82) is 0 Å². The van der Waals surface area contributed by atoms with Crippen LogP contribution in [0, 0.1) is 0 Å². The Morgan fingerprint density at radius 3 is 2.73 bits per heavy atom. The Hall–Kier alpha value is -2.88. The van der Waals surface area contributed by atoms with Crippen molar-refractivity contribution in [2.75, 3.05) is 25.2 Å². The SMILES string of the molecule is COCC[SH+](=O)c1sc2nc(-c3cncn(C)c3=O)cc(-c3ccccc3)c2c1N. The van der Waals surface area contributed by atoms with Crippen molar-refractivity contribution in [3.8, 4) is 22.4 Å². The van der Waals surface area contributed by atoms with E-state index in [0.29, 0.717) is 38.3 Å². The van der Waals surface area contributed by atoms with Gasteiger partial charge in [-0.05, 0) is 17.2 Å². The summed E-state index contributed by atoms with van der Waals surface area (Å²) >= 11 is 1.31. The number of pyridine rings is 1. The third-order valence-corrected chi connectivity index (χ3v) is 7.83. The van der Waals surface area contributed by atoms with E-state index in [1.165, 1.54) is 28.4 Å². The third kappa shape index (κ3) is 3.67. The largest absolute Gasteiger partial charge is 0.393 e. The van der Waals surface area contributed by atoms with Crippen molar-refractivity contribution in [2.24, 2.45) is 7.05 Å². The van der Waals surface area contributed by atoms with Gasteiger partial charge in [0.15, 0.2) is 0 Å². The quantitative estimate of drug-likeness (QED) is 0.365. The number of hydrogen-bond acceptors (Lipinski definition) is 7. The maximum Gasteiger partial charge on any atom is 0.262 e. The molecule has 1 atom stereocenters. The Balaban J connectivity index is 2.00. The molecule has 0 aliphatic carbocycles. The summed E-state index contributed by atoms with van der Waals surface area (Å²) in [6.07, 6.45) is 2.98. The van der Waals surface area contributed by atoms with Crippen molar-refractivity contribution < 1.29 is 8.95 Å². The molecule has 7 nitrogen and oxygen atoms in total. The van der Waals surface area contributed by atoms with E-state index in [4.69, 9.17) is 15.5 Å². The molecule has 2 N–H and O–H groups in total. The molecule has 1 unspecified atom stereocenters. The number of fused-ring (bicyclic) bond motifs is 1. The van der Waals surface area contributed by atoms with E-state index in [-0.39, 0.29) is 5.56 Å². The number of nitrogen functional groups attached to an aromatic ring is 1. The van der Waals surface area contributed by atoms with Crippen LogP contribution in [0.15, 0.2) is 57.9 Å². The van der Waals surface area contributed by atoms with Crippen LogP contribution in [0.4, 0.5) is 5.69 Å². The summed E-state index contributed by atoms with van der Waals surface area (Å²) in [5.41, 5.74) is 9.44. The zero-order valence-corrected chi connectivity index (χ0v) is 18.2. The fraction of sp³-hybridized carbons (Fsp3) is 0.190. The van der Waals surface area contributed by atoms with Gasteiger partial charge in [0.1, 0.15) is 27.1 Å². The Morgan fingerprint density at radius 1 is 1.23 bits per heavy atom. The molecule has 0 spiro atoms. The Labute approximate surface area is 179 Å². The minimum Gasteiger partial charge on any atom is -0.393 e. The van der Waals surface area contributed by atoms with E-state index in [0.717, 1.165) is 16.5 Å². The average molecular weight is 442 g/mol. The van der Waals surface area contributed by atoms with Crippen LogP contribution in [0.2, 0.25) is 0 Å². The zero-order valence-electron chi connectivity index (χ0n) is 16.5. The Bertz CT molecular complexity index is 1300. The lowest BCUT2D eigenvalue weighted by Gasteiger charge is -2.08. The molecule has 0 radical (unpaired) electrons. The highest BCUT2D eigenvalue weighted by atomic mass is 32.2. The summed E-state index contributed by atoms with van der Waals surface area (Å²) in [5.74, 6) is 0.388. The van der Waals surface area contributed by atoms with Gasteiger partial charge in [0, 0.05) is 25.7 Å². The third-order valence-electron chi connectivity index (χ3n) is 4.76. The number of thiol groups is 1. The first kappa shape index (κ1) is 20.4. The normalized spacial score (nSPS) is 12.3. The average Bonchev–Trinajstić information content (AvgIpc) is 3.10. The maximum absolute atomic E-state index is 12.8. The number of nitrogens with two attached hydrogens (primary N) is 1. The highest BCUT2D eigenvalue weighted by Crippen LogP contribution is 2.42. The molecule has 3 aromatic heterocycles. The van der Waals surface area contributed by atoms with Gasteiger partial charge in [-0.1, -0.05) is 41.7 Å². The molecule has 0 fully saturated rings. The molecular formula is C21H21N4O3S2+. The highest BCUT2D eigenvalue weighted by molar-refractivity contribution is 7.87. The van der Waals surface area contributed by atoms with E-state index in [2.05, 4.69) is 4.98 Å². The number of thiophene rings is 1. The molecule has 154 valence electrons. The van der Waals surface area contributed by atoms with Gasteiger partial charge in [-0.15, -0.1) is 4.21 Å². The summed E-state index contributed by atoms with van der Waals surface area (Å²) in [7, 11) is 1.52. The molecule has 0 saturated heterocycles. The van der Waals surface area contributed by atoms with E-state index < -0.39 is 10.8 Å². The number of ether oxygens (including phenoxy) is 1. The molecule has 4 aromatic rings. The van der Waals surface area contributed by atoms with E-state index in [9.17, 15) is 9.00 Å². The van der Waals surface area contributed by atoms with Crippen molar-refractivity contribution >= 4 is 38.0 Å². The maximum atomic E-state index is 12.8. The summed E-state index contributed by atoms with van der Waals surface area (Å²) < 4.78 is 19.9. The Kier molecular flexibility index (Phi) is 5.76. The van der Waals surface area contributed by atoms with Crippen LogP contribution in [0.1, 0.15) is 0 Å². The van der Waals surface area contributed by atoms with Gasteiger partial charge in [0.05, 0.1) is 24.2 Å². The lowest BCUT2D eigenvalue weighted by Crippen LogP contribution is -2.18. The van der Waals surface area contributed by atoms with Crippen molar-refractivity contribution in [1.82, 2.24) is 14.5 Å². The minimum atomic E-state index is -1.71. The number of benzene rings is 1. The first-order valence-electron chi connectivity index (χ1n) is 9.24.